The molecular formula is C13H18FNO. The highest BCUT2D eigenvalue weighted by Crippen LogP contribution is 2.45. The number of nitrogens with zero attached hydrogens (tertiary/aromatic N) is 1. The molecule has 16 heavy (non-hydrogen) atoms. The molecule has 88 valence electrons. The van der Waals surface area contributed by atoms with Gasteiger partial charge in [-0.05, 0) is 43.5 Å². The van der Waals surface area contributed by atoms with E-state index in [4.69, 9.17) is 0 Å². The first-order valence-electron chi connectivity index (χ1n) is 5.64. The highest BCUT2D eigenvalue weighted by atomic mass is 19.1. The molecule has 0 heterocycles. The lowest BCUT2D eigenvalue weighted by Crippen LogP contribution is -2.28. The average molecular weight is 223 g/mol. The molecule has 0 aliphatic heterocycles. The van der Waals surface area contributed by atoms with Crippen LogP contribution in [0.25, 0.3) is 0 Å². The number of anilines is 1. The van der Waals surface area contributed by atoms with Gasteiger partial charge in [-0.25, -0.2) is 4.39 Å². The predicted octanol–water partition coefficient (Wildman–Crippen LogP) is 2.34. The van der Waals surface area contributed by atoms with Crippen molar-refractivity contribution in [1.82, 2.24) is 0 Å². The van der Waals surface area contributed by atoms with Gasteiger partial charge in [-0.3, -0.25) is 0 Å². The van der Waals surface area contributed by atoms with Crippen molar-refractivity contribution < 1.29 is 9.50 Å². The van der Waals surface area contributed by atoms with Crippen molar-refractivity contribution in [2.45, 2.75) is 19.8 Å². The van der Waals surface area contributed by atoms with Crippen LogP contribution >= 0.6 is 0 Å². The van der Waals surface area contributed by atoms with Gasteiger partial charge in [0.05, 0.1) is 6.61 Å². The third-order valence-electron chi connectivity index (χ3n) is 3.45. The average Bonchev–Trinajstić information content (AvgIpc) is 3.02. The highest BCUT2D eigenvalue weighted by Gasteiger charge is 2.42. The van der Waals surface area contributed by atoms with Crippen LogP contribution in [0.4, 0.5) is 10.1 Å². The second kappa shape index (κ2) is 4.06. The monoisotopic (exact) mass is 223 g/mol. The van der Waals surface area contributed by atoms with Crippen LogP contribution in [0, 0.1) is 18.2 Å². The molecule has 0 unspecified atom stereocenters. The van der Waals surface area contributed by atoms with Gasteiger partial charge >= 0.3 is 0 Å². The summed E-state index contributed by atoms with van der Waals surface area (Å²) in [6.45, 7) is 2.86. The molecule has 1 aliphatic rings. The van der Waals surface area contributed by atoms with Crippen LogP contribution < -0.4 is 4.90 Å². The smallest absolute Gasteiger partial charge is 0.126 e. The van der Waals surface area contributed by atoms with Gasteiger partial charge in [-0.15, -0.1) is 0 Å². The van der Waals surface area contributed by atoms with E-state index in [1.165, 1.54) is 6.07 Å². The normalized spacial score (nSPS) is 17.2. The Hall–Kier alpha value is -1.09. The number of aliphatic hydroxyl groups is 1. The number of rotatable bonds is 4. The number of aliphatic hydroxyl groups excluding tert-OH is 1. The van der Waals surface area contributed by atoms with Crippen LogP contribution in [-0.4, -0.2) is 25.3 Å². The molecule has 0 spiro atoms. The van der Waals surface area contributed by atoms with Crippen molar-refractivity contribution >= 4 is 5.69 Å². The second-order valence-electron chi connectivity index (χ2n) is 4.95. The summed E-state index contributed by atoms with van der Waals surface area (Å²) < 4.78 is 13.1. The van der Waals surface area contributed by atoms with E-state index in [0.717, 1.165) is 25.1 Å². The van der Waals surface area contributed by atoms with E-state index in [1.807, 2.05) is 13.1 Å². The van der Waals surface area contributed by atoms with Crippen LogP contribution in [0.2, 0.25) is 0 Å². The molecule has 0 amide bonds. The van der Waals surface area contributed by atoms with Crippen LogP contribution in [0.3, 0.4) is 0 Å². The number of benzene rings is 1. The Balaban J connectivity index is 2.09. The molecule has 3 heteroatoms. The van der Waals surface area contributed by atoms with Crippen molar-refractivity contribution in [3.8, 4) is 0 Å². The topological polar surface area (TPSA) is 23.5 Å². The summed E-state index contributed by atoms with van der Waals surface area (Å²) in [5.74, 6) is -0.166. The maximum Gasteiger partial charge on any atom is 0.126 e. The third kappa shape index (κ3) is 2.19. The molecule has 0 radical (unpaired) electrons. The minimum Gasteiger partial charge on any atom is -0.396 e. The minimum atomic E-state index is -0.166. The molecule has 2 rings (SSSR count). The molecule has 0 bridgehead atoms. The Morgan fingerprint density at radius 1 is 1.44 bits per heavy atom. The predicted molar refractivity (Wildman–Crippen MR) is 63.2 cm³/mol. The van der Waals surface area contributed by atoms with Gasteiger partial charge < -0.3 is 10.0 Å². The molecule has 0 saturated heterocycles. The van der Waals surface area contributed by atoms with Crippen LogP contribution in [0.15, 0.2) is 18.2 Å². The van der Waals surface area contributed by atoms with Crippen molar-refractivity contribution in [3.05, 3.63) is 29.6 Å². The summed E-state index contributed by atoms with van der Waals surface area (Å²) in [5, 5.41) is 9.26. The van der Waals surface area contributed by atoms with Gasteiger partial charge in [-0.1, -0.05) is 0 Å². The molecule has 1 aromatic carbocycles. The van der Waals surface area contributed by atoms with Crippen molar-refractivity contribution in [1.29, 1.82) is 0 Å². The molecule has 1 N–H and O–H groups in total. The first kappa shape index (κ1) is 11.4. The van der Waals surface area contributed by atoms with E-state index in [2.05, 4.69) is 4.90 Å². The first-order valence-corrected chi connectivity index (χ1v) is 5.64. The zero-order chi connectivity index (χ0) is 11.8. The molecule has 1 saturated carbocycles. The number of halogens is 1. The van der Waals surface area contributed by atoms with Crippen molar-refractivity contribution in [2.24, 2.45) is 5.41 Å². The van der Waals surface area contributed by atoms with Gasteiger partial charge in [0.15, 0.2) is 0 Å². The summed E-state index contributed by atoms with van der Waals surface area (Å²) in [5.41, 5.74) is 1.77. The van der Waals surface area contributed by atoms with E-state index in [-0.39, 0.29) is 17.8 Å². The molecule has 0 atom stereocenters. The summed E-state index contributed by atoms with van der Waals surface area (Å²) in [6.07, 6.45) is 2.18. The Kier molecular flexibility index (Phi) is 2.89. The highest BCUT2D eigenvalue weighted by molar-refractivity contribution is 5.48. The maximum absolute atomic E-state index is 13.1. The second-order valence-corrected chi connectivity index (χ2v) is 4.95. The number of hydrogen-bond acceptors (Lipinski definition) is 2. The third-order valence-corrected chi connectivity index (χ3v) is 3.45. The Morgan fingerprint density at radius 2 is 2.12 bits per heavy atom. The standard InChI is InChI=1S/C13H18FNO/c1-10-7-11(3-4-12(10)14)15(2)8-13(9-16)5-6-13/h3-4,7,16H,5-6,8-9H2,1-2H3. The Labute approximate surface area is 95.7 Å². The lowest BCUT2D eigenvalue weighted by Gasteiger charge is -2.24. The zero-order valence-electron chi connectivity index (χ0n) is 9.83. The van der Waals surface area contributed by atoms with Gasteiger partial charge in [-0.2, -0.15) is 0 Å². The van der Waals surface area contributed by atoms with E-state index in [1.54, 1.807) is 13.0 Å². The first-order chi connectivity index (χ1) is 7.56. The summed E-state index contributed by atoms with van der Waals surface area (Å²) in [6, 6.07) is 5.14. The van der Waals surface area contributed by atoms with Crippen LogP contribution in [0.1, 0.15) is 18.4 Å². The zero-order valence-corrected chi connectivity index (χ0v) is 9.83. The van der Waals surface area contributed by atoms with Gasteiger partial charge in [0.25, 0.3) is 0 Å². The van der Waals surface area contributed by atoms with Crippen LogP contribution in [-0.2, 0) is 0 Å². The fourth-order valence-electron chi connectivity index (χ4n) is 2.00. The van der Waals surface area contributed by atoms with Crippen molar-refractivity contribution in [3.63, 3.8) is 0 Å². The van der Waals surface area contributed by atoms with Gasteiger partial charge in [0, 0.05) is 24.7 Å². The number of hydrogen-bond donors (Lipinski definition) is 1. The van der Waals surface area contributed by atoms with Gasteiger partial charge in [0.1, 0.15) is 5.82 Å². The number of aryl methyl sites for hydroxylation is 1. The lowest BCUT2D eigenvalue weighted by atomic mass is 10.1. The molecule has 0 aromatic heterocycles. The molecule has 1 aromatic rings. The maximum atomic E-state index is 13.1. The minimum absolute atomic E-state index is 0.0943. The summed E-state index contributed by atoms with van der Waals surface area (Å²) in [4.78, 5) is 2.09. The summed E-state index contributed by atoms with van der Waals surface area (Å²) in [7, 11) is 1.99. The van der Waals surface area contributed by atoms with E-state index in [9.17, 15) is 9.50 Å². The Bertz CT molecular complexity index is 388. The van der Waals surface area contributed by atoms with Gasteiger partial charge in [0.2, 0.25) is 0 Å². The molecular weight excluding hydrogens is 205 g/mol. The lowest BCUT2D eigenvalue weighted by molar-refractivity contribution is 0.215. The molecule has 1 aliphatic carbocycles. The van der Waals surface area contributed by atoms with E-state index >= 15 is 0 Å². The fourth-order valence-corrected chi connectivity index (χ4v) is 2.00. The molecule has 2 nitrogen and oxygen atoms in total. The summed E-state index contributed by atoms with van der Waals surface area (Å²) >= 11 is 0. The Morgan fingerprint density at radius 3 is 2.62 bits per heavy atom. The van der Waals surface area contributed by atoms with Crippen molar-refractivity contribution in [2.75, 3.05) is 25.1 Å². The SMILES string of the molecule is Cc1cc(N(C)CC2(CO)CC2)ccc1F. The van der Waals surface area contributed by atoms with E-state index in [0.29, 0.717) is 5.56 Å². The quantitative estimate of drug-likeness (QED) is 0.847. The molecule has 1 fully saturated rings. The van der Waals surface area contributed by atoms with Crippen LogP contribution in [0.5, 0.6) is 0 Å². The largest absolute Gasteiger partial charge is 0.396 e. The van der Waals surface area contributed by atoms with E-state index < -0.39 is 0 Å². The fraction of sp³-hybridized carbons (Fsp3) is 0.538.